The number of carbonyl (C=O) groups is 2. The van der Waals surface area contributed by atoms with Crippen LogP contribution in [-0.2, 0) is 6.18 Å². The maximum absolute atomic E-state index is 12.5. The highest BCUT2D eigenvalue weighted by Gasteiger charge is 2.30. The zero-order valence-corrected chi connectivity index (χ0v) is 16.5. The lowest BCUT2D eigenvalue weighted by atomic mass is 10.0. The molecule has 0 unspecified atom stereocenters. The molecule has 0 bridgehead atoms. The summed E-state index contributed by atoms with van der Waals surface area (Å²) < 4.78 is 37.5. The van der Waals surface area contributed by atoms with E-state index in [4.69, 9.17) is 0 Å². The van der Waals surface area contributed by atoms with Crippen LogP contribution in [0.15, 0.2) is 41.1 Å². The lowest BCUT2D eigenvalue weighted by Crippen LogP contribution is -2.04. The van der Waals surface area contributed by atoms with E-state index in [2.05, 4.69) is 5.32 Å². The summed E-state index contributed by atoms with van der Waals surface area (Å²) >= 11 is 2.68. The maximum atomic E-state index is 12.5. The molecule has 9 heteroatoms. The van der Waals surface area contributed by atoms with Crippen LogP contribution in [0.2, 0.25) is 0 Å². The highest BCUT2D eigenvalue weighted by atomic mass is 32.1. The standard InChI is InChI=1S/C13H10F3NO2S.C6H6OS/c1-17-11-10(12(18)19)9(6-20-11)7-2-4-8(5-3-7)13(14,15)16;1-5-2-3-8-6(5)4-7/h2-6,17H,1H3,(H,18,19);2-4H,1H3. The maximum Gasteiger partial charge on any atom is 0.416 e. The minimum Gasteiger partial charge on any atom is -0.478 e. The predicted molar refractivity (Wildman–Crippen MR) is 106 cm³/mol. The minimum absolute atomic E-state index is 0.0669. The zero-order valence-electron chi connectivity index (χ0n) is 14.8. The fourth-order valence-electron chi connectivity index (χ4n) is 2.31. The molecular formula is C19H16F3NO3S2. The molecule has 2 N–H and O–H groups in total. The average molecular weight is 427 g/mol. The molecule has 28 heavy (non-hydrogen) atoms. The molecule has 0 aliphatic carbocycles. The molecule has 148 valence electrons. The Morgan fingerprint density at radius 1 is 1.14 bits per heavy atom. The first-order chi connectivity index (χ1) is 13.2. The number of hydrogen-bond donors (Lipinski definition) is 2. The molecular weight excluding hydrogens is 411 g/mol. The molecule has 0 saturated carbocycles. The third-order valence-corrected chi connectivity index (χ3v) is 5.71. The van der Waals surface area contributed by atoms with Gasteiger partial charge in [-0.3, -0.25) is 4.79 Å². The van der Waals surface area contributed by atoms with Gasteiger partial charge >= 0.3 is 12.1 Å². The Labute approximate surface area is 167 Å². The Morgan fingerprint density at radius 2 is 1.79 bits per heavy atom. The van der Waals surface area contributed by atoms with Crippen molar-refractivity contribution in [1.29, 1.82) is 0 Å². The molecule has 3 aromatic rings. The van der Waals surface area contributed by atoms with E-state index in [1.54, 1.807) is 12.4 Å². The smallest absolute Gasteiger partial charge is 0.416 e. The van der Waals surface area contributed by atoms with Crippen molar-refractivity contribution in [3.05, 3.63) is 62.7 Å². The average Bonchev–Trinajstić information content (AvgIpc) is 3.27. The fourth-order valence-corrected chi connectivity index (χ4v) is 3.96. The summed E-state index contributed by atoms with van der Waals surface area (Å²) in [4.78, 5) is 22.2. The lowest BCUT2D eigenvalue weighted by molar-refractivity contribution is -0.137. The Morgan fingerprint density at radius 3 is 2.18 bits per heavy atom. The Balaban J connectivity index is 0.000000292. The number of carbonyl (C=O) groups excluding carboxylic acids is 1. The first kappa shape index (κ1) is 21.6. The Kier molecular flexibility index (Phi) is 6.98. The zero-order chi connectivity index (χ0) is 20.9. The third-order valence-electron chi connectivity index (χ3n) is 3.76. The van der Waals surface area contributed by atoms with Gasteiger partial charge in [-0.2, -0.15) is 13.2 Å². The van der Waals surface area contributed by atoms with Crippen molar-refractivity contribution in [3.8, 4) is 11.1 Å². The number of thiophene rings is 2. The number of aldehydes is 1. The van der Waals surface area contributed by atoms with Crippen LogP contribution < -0.4 is 5.32 Å². The summed E-state index contributed by atoms with van der Waals surface area (Å²) in [7, 11) is 1.59. The minimum atomic E-state index is -4.40. The van der Waals surface area contributed by atoms with E-state index in [0.29, 0.717) is 16.1 Å². The van der Waals surface area contributed by atoms with Gasteiger partial charge in [0.1, 0.15) is 10.6 Å². The number of alkyl halides is 3. The number of hydrogen-bond acceptors (Lipinski definition) is 5. The highest BCUT2D eigenvalue weighted by Crippen LogP contribution is 2.37. The van der Waals surface area contributed by atoms with Gasteiger partial charge in [0, 0.05) is 18.0 Å². The van der Waals surface area contributed by atoms with Gasteiger partial charge in [-0.25, -0.2) is 4.79 Å². The molecule has 0 aliphatic heterocycles. The number of carboxylic acid groups (broad SMARTS) is 1. The molecule has 3 rings (SSSR count). The summed E-state index contributed by atoms with van der Waals surface area (Å²) in [6.45, 7) is 1.93. The lowest BCUT2D eigenvalue weighted by Gasteiger charge is -2.08. The second-order valence-electron chi connectivity index (χ2n) is 5.57. The van der Waals surface area contributed by atoms with E-state index in [1.807, 2.05) is 18.4 Å². The van der Waals surface area contributed by atoms with E-state index >= 15 is 0 Å². The van der Waals surface area contributed by atoms with Crippen molar-refractivity contribution in [2.24, 2.45) is 0 Å². The van der Waals surface area contributed by atoms with Gasteiger partial charge in [-0.15, -0.1) is 22.7 Å². The van der Waals surface area contributed by atoms with Crippen LogP contribution in [0, 0.1) is 6.92 Å². The van der Waals surface area contributed by atoms with Gasteiger partial charge in [0.15, 0.2) is 6.29 Å². The third kappa shape index (κ3) is 4.99. The van der Waals surface area contributed by atoms with Crippen LogP contribution in [0.1, 0.15) is 31.2 Å². The molecule has 1 aromatic carbocycles. The van der Waals surface area contributed by atoms with Gasteiger partial charge in [-0.05, 0) is 41.6 Å². The van der Waals surface area contributed by atoms with E-state index < -0.39 is 17.7 Å². The fraction of sp³-hybridized carbons (Fsp3) is 0.158. The number of benzene rings is 1. The van der Waals surface area contributed by atoms with Crippen molar-refractivity contribution >= 4 is 39.9 Å². The molecule has 0 aliphatic rings. The van der Waals surface area contributed by atoms with Crippen molar-refractivity contribution < 1.29 is 27.9 Å². The van der Waals surface area contributed by atoms with Crippen LogP contribution in [0.3, 0.4) is 0 Å². The van der Waals surface area contributed by atoms with Gasteiger partial charge in [0.05, 0.1) is 10.4 Å². The molecule has 0 saturated heterocycles. The first-order valence-corrected chi connectivity index (χ1v) is 9.64. The van der Waals surface area contributed by atoms with E-state index in [9.17, 15) is 27.9 Å². The Bertz CT molecular complexity index is 960. The second-order valence-corrected chi connectivity index (χ2v) is 7.40. The number of rotatable bonds is 4. The van der Waals surface area contributed by atoms with Crippen molar-refractivity contribution in [2.45, 2.75) is 13.1 Å². The van der Waals surface area contributed by atoms with Gasteiger partial charge < -0.3 is 10.4 Å². The summed E-state index contributed by atoms with van der Waals surface area (Å²) in [6, 6.07) is 6.37. The monoisotopic (exact) mass is 427 g/mol. The number of nitrogens with one attached hydrogen (secondary N) is 1. The molecule has 2 aromatic heterocycles. The van der Waals surface area contributed by atoms with Gasteiger partial charge in [-0.1, -0.05) is 12.1 Å². The van der Waals surface area contributed by atoms with Crippen LogP contribution in [0.4, 0.5) is 18.2 Å². The van der Waals surface area contributed by atoms with Crippen LogP contribution in [0.25, 0.3) is 11.1 Å². The van der Waals surface area contributed by atoms with Gasteiger partial charge in [0.2, 0.25) is 0 Å². The summed E-state index contributed by atoms with van der Waals surface area (Å²) in [5.41, 5.74) is 1.22. The molecule has 0 spiro atoms. The van der Waals surface area contributed by atoms with Crippen molar-refractivity contribution in [3.63, 3.8) is 0 Å². The second kappa shape index (κ2) is 9.03. The summed E-state index contributed by atoms with van der Waals surface area (Å²) in [5, 5.41) is 15.9. The number of aromatic carboxylic acids is 1. The largest absolute Gasteiger partial charge is 0.478 e. The number of anilines is 1. The molecule has 0 atom stereocenters. The SMILES string of the molecule is CNc1scc(-c2ccc(C(F)(F)F)cc2)c1C(=O)O.Cc1ccsc1C=O. The van der Waals surface area contributed by atoms with Crippen molar-refractivity contribution in [2.75, 3.05) is 12.4 Å². The molecule has 2 heterocycles. The Hall–Kier alpha value is -2.65. The molecule has 0 amide bonds. The first-order valence-electron chi connectivity index (χ1n) is 7.88. The molecule has 0 radical (unpaired) electrons. The summed E-state index contributed by atoms with van der Waals surface area (Å²) in [6.07, 6.45) is -3.51. The number of carboxylic acids is 1. The molecule has 4 nitrogen and oxygen atoms in total. The van der Waals surface area contributed by atoms with Crippen molar-refractivity contribution in [1.82, 2.24) is 0 Å². The van der Waals surface area contributed by atoms with Crippen LogP contribution in [0.5, 0.6) is 0 Å². The normalized spacial score (nSPS) is 10.8. The highest BCUT2D eigenvalue weighted by molar-refractivity contribution is 7.15. The summed E-state index contributed by atoms with van der Waals surface area (Å²) in [5.74, 6) is -1.12. The van der Waals surface area contributed by atoms with Gasteiger partial charge in [0.25, 0.3) is 0 Å². The topological polar surface area (TPSA) is 66.4 Å². The van der Waals surface area contributed by atoms with E-state index in [1.165, 1.54) is 34.8 Å². The quantitative estimate of drug-likeness (QED) is 0.498. The number of halogens is 3. The molecule has 0 fully saturated rings. The van der Waals surface area contributed by atoms with E-state index in [-0.39, 0.29) is 5.56 Å². The predicted octanol–water partition coefficient (Wildman–Crippen LogP) is 6.04. The number of aryl methyl sites for hydroxylation is 1. The van der Waals surface area contributed by atoms with E-state index in [0.717, 1.165) is 28.9 Å². The van der Waals surface area contributed by atoms with Crippen LogP contribution >= 0.6 is 22.7 Å². The van der Waals surface area contributed by atoms with Crippen LogP contribution in [-0.4, -0.2) is 24.4 Å².